The minimum atomic E-state index is 0.349. The molecule has 104 valence electrons. The standard InChI is InChI=1S/C14H18Cl2N2O/c1-2-11-9-18(6-5-14(11)17-19)8-10-3-4-12(15)13(16)7-10/h3-4,7,11,19H,2,5-6,8-9H2,1H3/b17-14+. The van der Waals surface area contributed by atoms with Crippen LogP contribution in [0.1, 0.15) is 25.3 Å². The molecular formula is C14H18Cl2N2O. The minimum Gasteiger partial charge on any atom is -0.411 e. The Morgan fingerprint density at radius 1 is 1.37 bits per heavy atom. The van der Waals surface area contributed by atoms with Crippen molar-refractivity contribution >= 4 is 28.9 Å². The fourth-order valence-electron chi connectivity index (χ4n) is 2.52. The van der Waals surface area contributed by atoms with Crippen molar-refractivity contribution in [3.8, 4) is 0 Å². The third-order valence-corrected chi connectivity index (χ3v) is 4.38. The van der Waals surface area contributed by atoms with Gasteiger partial charge >= 0.3 is 0 Å². The van der Waals surface area contributed by atoms with Crippen LogP contribution in [0.3, 0.4) is 0 Å². The van der Waals surface area contributed by atoms with Crippen LogP contribution in [0, 0.1) is 5.92 Å². The van der Waals surface area contributed by atoms with Gasteiger partial charge in [-0.3, -0.25) is 4.90 Å². The van der Waals surface area contributed by atoms with E-state index >= 15 is 0 Å². The highest BCUT2D eigenvalue weighted by atomic mass is 35.5. The first-order valence-electron chi connectivity index (χ1n) is 6.51. The van der Waals surface area contributed by atoms with Gasteiger partial charge in [-0.05, 0) is 24.1 Å². The first kappa shape index (κ1) is 14.6. The molecule has 19 heavy (non-hydrogen) atoms. The van der Waals surface area contributed by atoms with Crippen LogP contribution in [-0.2, 0) is 6.54 Å². The van der Waals surface area contributed by atoms with Crippen molar-refractivity contribution in [2.75, 3.05) is 13.1 Å². The summed E-state index contributed by atoms with van der Waals surface area (Å²) in [5.74, 6) is 0.349. The summed E-state index contributed by atoms with van der Waals surface area (Å²) >= 11 is 11.9. The normalized spacial score (nSPS) is 22.9. The summed E-state index contributed by atoms with van der Waals surface area (Å²) < 4.78 is 0. The Morgan fingerprint density at radius 3 is 2.79 bits per heavy atom. The molecule has 0 radical (unpaired) electrons. The van der Waals surface area contributed by atoms with Gasteiger partial charge in [0.05, 0.1) is 15.8 Å². The zero-order chi connectivity index (χ0) is 13.8. The Kier molecular flexibility index (Phi) is 5.08. The molecule has 1 aliphatic heterocycles. The van der Waals surface area contributed by atoms with Crippen molar-refractivity contribution < 1.29 is 5.21 Å². The molecule has 5 heteroatoms. The Bertz CT molecular complexity index is 477. The molecule has 1 aromatic carbocycles. The molecular weight excluding hydrogens is 283 g/mol. The van der Waals surface area contributed by atoms with E-state index < -0.39 is 0 Å². The van der Waals surface area contributed by atoms with Crippen LogP contribution in [0.4, 0.5) is 0 Å². The highest BCUT2D eigenvalue weighted by Gasteiger charge is 2.24. The molecule has 0 amide bonds. The average Bonchev–Trinajstić information content (AvgIpc) is 2.43. The summed E-state index contributed by atoms with van der Waals surface area (Å²) in [5.41, 5.74) is 2.08. The number of likely N-dealkylation sites (tertiary alicyclic amines) is 1. The molecule has 1 fully saturated rings. The topological polar surface area (TPSA) is 35.8 Å². The maximum Gasteiger partial charge on any atom is 0.0627 e. The smallest absolute Gasteiger partial charge is 0.0627 e. The van der Waals surface area contributed by atoms with E-state index in [1.165, 1.54) is 0 Å². The number of piperidine rings is 1. The van der Waals surface area contributed by atoms with Crippen molar-refractivity contribution in [1.29, 1.82) is 0 Å². The maximum absolute atomic E-state index is 8.97. The monoisotopic (exact) mass is 300 g/mol. The van der Waals surface area contributed by atoms with E-state index in [0.29, 0.717) is 16.0 Å². The van der Waals surface area contributed by atoms with Crippen LogP contribution in [0.15, 0.2) is 23.4 Å². The predicted molar refractivity (Wildman–Crippen MR) is 79.4 cm³/mol. The van der Waals surface area contributed by atoms with Crippen LogP contribution in [-0.4, -0.2) is 28.9 Å². The summed E-state index contributed by atoms with van der Waals surface area (Å²) in [4.78, 5) is 2.36. The van der Waals surface area contributed by atoms with Crippen molar-refractivity contribution in [1.82, 2.24) is 4.90 Å². The first-order valence-corrected chi connectivity index (χ1v) is 7.26. The van der Waals surface area contributed by atoms with E-state index in [-0.39, 0.29) is 0 Å². The van der Waals surface area contributed by atoms with Gasteiger partial charge in [0.1, 0.15) is 0 Å². The molecule has 1 N–H and O–H groups in total. The van der Waals surface area contributed by atoms with Crippen molar-refractivity contribution in [2.45, 2.75) is 26.3 Å². The molecule has 3 nitrogen and oxygen atoms in total. The van der Waals surface area contributed by atoms with Gasteiger partial charge in [0.2, 0.25) is 0 Å². The molecule has 1 aromatic rings. The molecule has 0 aromatic heterocycles. The summed E-state index contributed by atoms with van der Waals surface area (Å²) in [6.07, 6.45) is 1.83. The van der Waals surface area contributed by atoms with Crippen LogP contribution in [0.2, 0.25) is 10.0 Å². The highest BCUT2D eigenvalue weighted by molar-refractivity contribution is 6.42. The number of benzene rings is 1. The van der Waals surface area contributed by atoms with Crippen LogP contribution < -0.4 is 0 Å². The number of nitrogens with zero attached hydrogens (tertiary/aromatic N) is 2. The van der Waals surface area contributed by atoms with E-state index in [1.807, 2.05) is 18.2 Å². The third-order valence-electron chi connectivity index (χ3n) is 3.65. The summed E-state index contributed by atoms with van der Waals surface area (Å²) in [7, 11) is 0. The molecule has 1 aliphatic rings. The molecule has 1 unspecified atom stereocenters. The van der Waals surface area contributed by atoms with Gasteiger partial charge in [-0.25, -0.2) is 0 Å². The number of rotatable bonds is 3. The van der Waals surface area contributed by atoms with Crippen LogP contribution in [0.5, 0.6) is 0 Å². The average molecular weight is 301 g/mol. The first-order chi connectivity index (χ1) is 9.13. The minimum absolute atomic E-state index is 0.349. The van der Waals surface area contributed by atoms with E-state index in [2.05, 4.69) is 17.0 Å². The van der Waals surface area contributed by atoms with Crippen molar-refractivity contribution in [3.63, 3.8) is 0 Å². The Hall–Kier alpha value is -0.770. The van der Waals surface area contributed by atoms with E-state index in [9.17, 15) is 0 Å². The van der Waals surface area contributed by atoms with E-state index in [4.69, 9.17) is 28.4 Å². The van der Waals surface area contributed by atoms with Gasteiger partial charge in [0.15, 0.2) is 0 Å². The molecule has 0 saturated carbocycles. The zero-order valence-electron chi connectivity index (χ0n) is 10.9. The fourth-order valence-corrected chi connectivity index (χ4v) is 2.84. The SMILES string of the molecule is CCC1CN(Cc2ccc(Cl)c(Cl)c2)CC/C1=N\O. The van der Waals surface area contributed by atoms with Gasteiger partial charge < -0.3 is 5.21 Å². The van der Waals surface area contributed by atoms with Crippen LogP contribution in [0.25, 0.3) is 0 Å². The number of hydrogen-bond acceptors (Lipinski definition) is 3. The third kappa shape index (κ3) is 3.62. The fraction of sp³-hybridized carbons (Fsp3) is 0.500. The predicted octanol–water partition coefficient (Wildman–Crippen LogP) is 4.06. The van der Waals surface area contributed by atoms with E-state index in [1.54, 1.807) is 0 Å². The molecule has 0 spiro atoms. The lowest BCUT2D eigenvalue weighted by Gasteiger charge is -2.32. The maximum atomic E-state index is 8.97. The number of hydrogen-bond donors (Lipinski definition) is 1. The number of oxime groups is 1. The summed E-state index contributed by atoms with van der Waals surface area (Å²) in [6.45, 7) is 4.82. The largest absolute Gasteiger partial charge is 0.411 e. The summed E-state index contributed by atoms with van der Waals surface area (Å²) in [6, 6.07) is 5.76. The van der Waals surface area contributed by atoms with E-state index in [0.717, 1.165) is 43.8 Å². The van der Waals surface area contributed by atoms with Gasteiger partial charge in [-0.15, -0.1) is 0 Å². The zero-order valence-corrected chi connectivity index (χ0v) is 12.5. The Labute approximate surface area is 123 Å². The molecule has 2 rings (SSSR count). The Balaban J connectivity index is 2.02. The molecule has 0 aliphatic carbocycles. The highest BCUT2D eigenvalue weighted by Crippen LogP contribution is 2.25. The van der Waals surface area contributed by atoms with Gasteiger partial charge in [0, 0.05) is 32.0 Å². The lowest BCUT2D eigenvalue weighted by molar-refractivity contribution is 0.220. The molecule has 1 atom stereocenters. The second-order valence-electron chi connectivity index (χ2n) is 4.93. The van der Waals surface area contributed by atoms with Gasteiger partial charge in [-0.2, -0.15) is 0 Å². The van der Waals surface area contributed by atoms with Crippen molar-refractivity contribution in [3.05, 3.63) is 33.8 Å². The summed E-state index contributed by atoms with van der Waals surface area (Å²) in [5, 5.41) is 13.6. The molecule has 1 heterocycles. The van der Waals surface area contributed by atoms with Crippen molar-refractivity contribution in [2.24, 2.45) is 11.1 Å². The van der Waals surface area contributed by atoms with Gasteiger partial charge in [0.25, 0.3) is 0 Å². The molecule has 1 saturated heterocycles. The number of halogens is 2. The Morgan fingerprint density at radius 2 is 2.16 bits per heavy atom. The van der Waals surface area contributed by atoms with Crippen LogP contribution >= 0.6 is 23.2 Å². The second kappa shape index (κ2) is 6.60. The second-order valence-corrected chi connectivity index (χ2v) is 5.74. The quantitative estimate of drug-likeness (QED) is 0.675. The lowest BCUT2D eigenvalue weighted by Crippen LogP contribution is -2.40. The lowest BCUT2D eigenvalue weighted by atomic mass is 9.93. The molecule has 0 bridgehead atoms. The van der Waals surface area contributed by atoms with Gasteiger partial charge in [-0.1, -0.05) is 41.3 Å².